The summed E-state index contributed by atoms with van der Waals surface area (Å²) >= 11 is 9.23. The van der Waals surface area contributed by atoms with Crippen molar-refractivity contribution in [3.8, 4) is 0 Å². The number of nitrogens with one attached hydrogen (secondary N) is 1. The molecule has 3 nitrogen and oxygen atoms in total. The van der Waals surface area contributed by atoms with Crippen molar-refractivity contribution >= 4 is 38.9 Å². The van der Waals surface area contributed by atoms with Crippen molar-refractivity contribution in [3.63, 3.8) is 0 Å². The van der Waals surface area contributed by atoms with Gasteiger partial charge in [0.15, 0.2) is 5.11 Å². The quantitative estimate of drug-likeness (QED) is 0.736. The van der Waals surface area contributed by atoms with E-state index in [9.17, 15) is 0 Å². The second-order valence-electron chi connectivity index (χ2n) is 6.34. The average molecular weight is 418 g/mol. The molecule has 0 aromatic heterocycles. The number of hydrogen-bond acceptors (Lipinski definition) is 2. The summed E-state index contributed by atoms with van der Waals surface area (Å²) in [5.41, 5.74) is 3.75. The van der Waals surface area contributed by atoms with E-state index in [-0.39, 0.29) is 0 Å². The Hall–Kier alpha value is -1.43. The van der Waals surface area contributed by atoms with Gasteiger partial charge >= 0.3 is 0 Å². The summed E-state index contributed by atoms with van der Waals surface area (Å²) in [5.74, 6) is 0. The molecule has 0 spiro atoms. The molecule has 0 amide bonds. The standard InChI is InChI=1S/C20H24BrN3S/c1-2-16-7-9-18(10-8-16)22-20(25)24-13-11-23(12-14-24)15-17-5-3-4-6-19(17)21/h3-10H,2,11-15H2,1H3,(H,22,25). The smallest absolute Gasteiger partial charge is 0.173 e. The molecule has 0 unspecified atom stereocenters. The molecule has 0 radical (unpaired) electrons. The highest BCUT2D eigenvalue weighted by molar-refractivity contribution is 9.10. The number of benzene rings is 2. The van der Waals surface area contributed by atoms with Crippen LogP contribution >= 0.6 is 28.1 Å². The Morgan fingerprint density at radius 3 is 2.36 bits per heavy atom. The molecule has 0 atom stereocenters. The lowest BCUT2D eigenvalue weighted by molar-refractivity contribution is 0.176. The first kappa shape index (κ1) is 18.4. The van der Waals surface area contributed by atoms with Crippen LogP contribution in [-0.4, -0.2) is 41.1 Å². The third-order valence-electron chi connectivity index (χ3n) is 4.62. The Morgan fingerprint density at radius 2 is 1.72 bits per heavy atom. The van der Waals surface area contributed by atoms with Gasteiger partial charge in [-0.1, -0.05) is 53.2 Å². The van der Waals surface area contributed by atoms with Gasteiger partial charge in [0.2, 0.25) is 0 Å². The Morgan fingerprint density at radius 1 is 1.04 bits per heavy atom. The second-order valence-corrected chi connectivity index (χ2v) is 7.58. The fraction of sp³-hybridized carbons (Fsp3) is 0.350. The third-order valence-corrected chi connectivity index (χ3v) is 5.76. The largest absolute Gasteiger partial charge is 0.346 e. The maximum atomic E-state index is 5.60. The summed E-state index contributed by atoms with van der Waals surface area (Å²) < 4.78 is 1.19. The third kappa shape index (κ3) is 5.03. The van der Waals surface area contributed by atoms with Crippen molar-refractivity contribution in [2.45, 2.75) is 19.9 Å². The number of aryl methyl sites for hydroxylation is 1. The van der Waals surface area contributed by atoms with E-state index in [1.807, 2.05) is 0 Å². The lowest BCUT2D eigenvalue weighted by atomic mass is 10.1. The summed E-state index contributed by atoms with van der Waals surface area (Å²) in [4.78, 5) is 4.74. The summed E-state index contributed by atoms with van der Waals surface area (Å²) in [5, 5.41) is 4.19. The number of nitrogens with zero attached hydrogens (tertiary/aromatic N) is 2. The van der Waals surface area contributed by atoms with Gasteiger partial charge in [0, 0.05) is 42.9 Å². The zero-order valence-corrected chi connectivity index (χ0v) is 16.9. The molecule has 2 aromatic rings. The van der Waals surface area contributed by atoms with E-state index in [2.05, 4.69) is 86.5 Å². The van der Waals surface area contributed by atoms with Gasteiger partial charge in [-0.2, -0.15) is 0 Å². The first-order chi connectivity index (χ1) is 12.2. The molecule has 132 valence electrons. The van der Waals surface area contributed by atoms with Crippen molar-refractivity contribution in [1.82, 2.24) is 9.80 Å². The summed E-state index contributed by atoms with van der Waals surface area (Å²) in [6.45, 7) is 7.12. The molecule has 25 heavy (non-hydrogen) atoms. The number of thiocarbonyl (C=S) groups is 1. The van der Waals surface area contributed by atoms with Gasteiger partial charge in [0.05, 0.1) is 0 Å². The van der Waals surface area contributed by atoms with Crippen LogP contribution in [0.15, 0.2) is 53.0 Å². The lowest BCUT2D eigenvalue weighted by Gasteiger charge is -2.36. The molecular formula is C20H24BrN3S. The SMILES string of the molecule is CCc1ccc(NC(=S)N2CCN(Cc3ccccc3Br)CC2)cc1. The molecule has 0 aliphatic carbocycles. The Bertz CT molecular complexity index is 709. The average Bonchev–Trinajstić information content (AvgIpc) is 2.65. The number of hydrogen-bond donors (Lipinski definition) is 1. The zero-order chi connectivity index (χ0) is 17.6. The van der Waals surface area contributed by atoms with Gasteiger partial charge < -0.3 is 10.2 Å². The fourth-order valence-corrected chi connectivity index (χ4v) is 3.71. The molecule has 0 saturated carbocycles. The molecule has 0 bridgehead atoms. The highest BCUT2D eigenvalue weighted by Crippen LogP contribution is 2.19. The van der Waals surface area contributed by atoms with Crippen LogP contribution in [-0.2, 0) is 13.0 Å². The van der Waals surface area contributed by atoms with Gasteiger partial charge in [-0.05, 0) is 48.0 Å². The Kier molecular flexibility index (Phi) is 6.45. The van der Waals surface area contributed by atoms with Crippen LogP contribution in [0.1, 0.15) is 18.1 Å². The van der Waals surface area contributed by atoms with Crippen LogP contribution in [0, 0.1) is 0 Å². The Labute approximate surface area is 164 Å². The van der Waals surface area contributed by atoms with E-state index >= 15 is 0 Å². The van der Waals surface area contributed by atoms with E-state index in [0.29, 0.717) is 0 Å². The van der Waals surface area contributed by atoms with Crippen LogP contribution in [0.2, 0.25) is 0 Å². The Balaban J connectivity index is 1.49. The van der Waals surface area contributed by atoms with Gasteiger partial charge in [0.25, 0.3) is 0 Å². The lowest BCUT2D eigenvalue weighted by Crippen LogP contribution is -2.49. The van der Waals surface area contributed by atoms with E-state index in [4.69, 9.17) is 12.2 Å². The molecule has 1 heterocycles. The molecule has 1 saturated heterocycles. The van der Waals surface area contributed by atoms with Crippen LogP contribution < -0.4 is 5.32 Å². The maximum Gasteiger partial charge on any atom is 0.173 e. The van der Waals surface area contributed by atoms with Crippen LogP contribution in [0.5, 0.6) is 0 Å². The van der Waals surface area contributed by atoms with Crippen LogP contribution in [0.25, 0.3) is 0 Å². The van der Waals surface area contributed by atoms with Crippen LogP contribution in [0.3, 0.4) is 0 Å². The van der Waals surface area contributed by atoms with Gasteiger partial charge in [-0.25, -0.2) is 0 Å². The molecule has 5 heteroatoms. The van der Waals surface area contributed by atoms with E-state index in [0.717, 1.165) is 49.9 Å². The number of anilines is 1. The van der Waals surface area contributed by atoms with Gasteiger partial charge in [-0.15, -0.1) is 0 Å². The normalized spacial score (nSPS) is 15.2. The van der Waals surface area contributed by atoms with Gasteiger partial charge in [-0.3, -0.25) is 4.90 Å². The number of halogens is 1. The van der Waals surface area contributed by atoms with E-state index in [1.54, 1.807) is 0 Å². The fourth-order valence-electron chi connectivity index (χ4n) is 3.00. The highest BCUT2D eigenvalue weighted by atomic mass is 79.9. The minimum absolute atomic E-state index is 0.824. The molecule has 3 rings (SSSR count). The predicted octanol–water partition coefficient (Wildman–Crippen LogP) is 4.53. The summed E-state index contributed by atoms with van der Waals surface area (Å²) in [6, 6.07) is 17.0. The van der Waals surface area contributed by atoms with Crippen molar-refractivity contribution in [3.05, 3.63) is 64.1 Å². The molecule has 2 aromatic carbocycles. The highest BCUT2D eigenvalue weighted by Gasteiger charge is 2.19. The summed E-state index contributed by atoms with van der Waals surface area (Å²) in [7, 11) is 0. The molecule has 1 fully saturated rings. The summed E-state index contributed by atoms with van der Waals surface area (Å²) in [6.07, 6.45) is 1.06. The first-order valence-electron chi connectivity index (χ1n) is 8.76. The van der Waals surface area contributed by atoms with E-state index in [1.165, 1.54) is 15.6 Å². The minimum Gasteiger partial charge on any atom is -0.346 e. The van der Waals surface area contributed by atoms with Crippen LogP contribution in [0.4, 0.5) is 5.69 Å². The molecule has 1 N–H and O–H groups in total. The van der Waals surface area contributed by atoms with Crippen molar-refractivity contribution in [2.75, 3.05) is 31.5 Å². The topological polar surface area (TPSA) is 18.5 Å². The number of rotatable bonds is 4. The monoisotopic (exact) mass is 417 g/mol. The molecule has 1 aliphatic rings. The molecule has 1 aliphatic heterocycles. The van der Waals surface area contributed by atoms with Crippen molar-refractivity contribution in [2.24, 2.45) is 0 Å². The van der Waals surface area contributed by atoms with Gasteiger partial charge in [0.1, 0.15) is 0 Å². The minimum atomic E-state index is 0.824. The second kappa shape index (κ2) is 8.79. The first-order valence-corrected chi connectivity index (χ1v) is 9.96. The predicted molar refractivity (Wildman–Crippen MR) is 113 cm³/mol. The van der Waals surface area contributed by atoms with Crippen molar-refractivity contribution in [1.29, 1.82) is 0 Å². The van der Waals surface area contributed by atoms with Crippen molar-refractivity contribution < 1.29 is 0 Å². The maximum absolute atomic E-state index is 5.60. The zero-order valence-electron chi connectivity index (χ0n) is 14.5. The van der Waals surface area contributed by atoms with E-state index < -0.39 is 0 Å². The number of piperazine rings is 1. The molecular weight excluding hydrogens is 394 g/mol.